The Labute approximate surface area is 254 Å². The van der Waals surface area contributed by atoms with E-state index >= 15 is 0 Å². The minimum absolute atomic E-state index is 0.352. The summed E-state index contributed by atoms with van der Waals surface area (Å²) in [6, 6.07) is 33.1. The Balaban J connectivity index is 1.72. The highest BCUT2D eigenvalue weighted by Gasteiger charge is 2.63. The van der Waals surface area contributed by atoms with Gasteiger partial charge < -0.3 is 4.90 Å². The topological polar surface area (TPSA) is 116 Å². The third-order valence-electron chi connectivity index (χ3n) is 8.33. The van der Waals surface area contributed by atoms with Crippen molar-refractivity contribution < 1.29 is 19.3 Å². The van der Waals surface area contributed by atoms with Crippen LogP contribution >= 0.6 is 7.05 Å². The van der Waals surface area contributed by atoms with Crippen LogP contribution < -0.4 is 20.8 Å². The zero-order valence-corrected chi connectivity index (χ0v) is 25.0. The molecule has 0 aromatic heterocycles. The molecule has 6 rings (SSSR count). The highest BCUT2D eigenvalue weighted by molar-refractivity contribution is 7.87. The van der Waals surface area contributed by atoms with Gasteiger partial charge in [0.1, 0.15) is 18.1 Å². The molecule has 0 bridgehead atoms. The average Bonchev–Trinajstić information content (AvgIpc) is 3.06. The molecule has 2 heterocycles. The van der Waals surface area contributed by atoms with Crippen molar-refractivity contribution in [2.24, 2.45) is 10.7 Å². The molecule has 10 nitrogen and oxygen atoms in total. The van der Waals surface area contributed by atoms with Crippen LogP contribution in [0.1, 0.15) is 0 Å². The molecule has 222 valence electrons. The molecule has 4 aromatic carbocycles. The van der Waals surface area contributed by atoms with Crippen LogP contribution in [0.15, 0.2) is 126 Å². The molecule has 2 aliphatic rings. The van der Waals surface area contributed by atoms with Crippen LogP contribution in [0.25, 0.3) is 0 Å². The van der Waals surface area contributed by atoms with Crippen molar-refractivity contribution in [3.63, 3.8) is 0 Å². The van der Waals surface area contributed by atoms with Crippen LogP contribution in [0, 0.1) is 16.0 Å². The van der Waals surface area contributed by atoms with Gasteiger partial charge in [-0.15, -0.1) is 0 Å². The summed E-state index contributed by atoms with van der Waals surface area (Å²) in [5.74, 6) is -2.67. The molecule has 4 aromatic rings. The van der Waals surface area contributed by atoms with Gasteiger partial charge >= 0.3 is 18.0 Å². The predicted octanol–water partition coefficient (Wildman–Crippen LogP) is 3.69. The number of nitro groups is 1. The summed E-state index contributed by atoms with van der Waals surface area (Å²) in [4.78, 5) is 57.6. The van der Waals surface area contributed by atoms with E-state index in [-0.39, 0.29) is 0 Å². The van der Waals surface area contributed by atoms with Gasteiger partial charge in [-0.3, -0.25) is 34.2 Å². The third-order valence-corrected chi connectivity index (χ3v) is 12.1. The van der Waals surface area contributed by atoms with E-state index in [1.54, 1.807) is 30.3 Å². The third kappa shape index (κ3) is 4.59. The molecule has 0 saturated carbocycles. The number of piperidine rings is 1. The van der Waals surface area contributed by atoms with Gasteiger partial charge in [0, 0.05) is 40.6 Å². The summed E-state index contributed by atoms with van der Waals surface area (Å²) in [5.41, 5.74) is 0.352. The van der Waals surface area contributed by atoms with Crippen molar-refractivity contribution in [2.45, 2.75) is 18.2 Å². The number of imide groups is 1. The number of carbonyl (C=O) groups excluding carboxylic acids is 3. The molecule has 44 heavy (non-hydrogen) atoms. The van der Waals surface area contributed by atoms with Crippen LogP contribution in [0.4, 0.5) is 10.5 Å². The smallest absolute Gasteiger partial charge is 0.305 e. The fourth-order valence-electron chi connectivity index (χ4n) is 6.30. The summed E-state index contributed by atoms with van der Waals surface area (Å²) >= 11 is 0. The number of hydrogen-bond acceptors (Lipinski definition) is 6. The van der Waals surface area contributed by atoms with Crippen molar-refractivity contribution in [1.29, 1.82) is 0 Å². The second-order valence-electron chi connectivity index (χ2n) is 10.8. The Hall–Kier alpha value is -5.08. The van der Waals surface area contributed by atoms with E-state index in [4.69, 9.17) is 4.74 Å². The first-order chi connectivity index (χ1) is 21.3. The van der Waals surface area contributed by atoms with Gasteiger partial charge in [-0.25, -0.2) is 4.79 Å². The summed E-state index contributed by atoms with van der Waals surface area (Å²) in [7, 11) is -0.228. The van der Waals surface area contributed by atoms with Gasteiger partial charge in [-0.1, -0.05) is 109 Å². The maximum Gasteiger partial charge on any atom is 0.327 e. The number of para-hydroxylation sites is 1. The van der Waals surface area contributed by atoms with E-state index in [1.807, 2.05) is 91.0 Å². The monoisotopic (exact) mass is 607 g/mol. The quantitative estimate of drug-likeness (QED) is 0.188. The largest absolute Gasteiger partial charge is 0.327 e. The Morgan fingerprint density at radius 2 is 1.11 bits per heavy atom. The van der Waals surface area contributed by atoms with Crippen LogP contribution in [0.5, 0.6) is 0 Å². The fourth-order valence-corrected chi connectivity index (χ4v) is 10.1. The maximum atomic E-state index is 14.3. The van der Waals surface area contributed by atoms with Crippen molar-refractivity contribution in [3.05, 3.63) is 131 Å². The first-order valence-corrected chi connectivity index (χ1v) is 15.9. The van der Waals surface area contributed by atoms with Gasteiger partial charge in [-0.2, -0.15) is 0 Å². The van der Waals surface area contributed by atoms with Gasteiger partial charge in [0.15, 0.2) is 0 Å². The molecule has 0 spiro atoms. The van der Waals surface area contributed by atoms with Crippen LogP contribution in [0.2, 0.25) is 0 Å². The number of hydrogen-bond donors (Lipinski definition) is 0. The minimum Gasteiger partial charge on any atom is -0.305 e. The lowest BCUT2D eigenvalue weighted by molar-refractivity contribution is -0.513. The Kier molecular flexibility index (Phi) is 7.61. The molecular weight excluding hydrogens is 577 g/mol. The predicted molar refractivity (Wildman–Crippen MR) is 169 cm³/mol. The number of urea groups is 1. The van der Waals surface area contributed by atoms with E-state index in [0.717, 1.165) is 20.8 Å². The number of anilines is 1. The first-order valence-electron chi connectivity index (χ1n) is 14.1. The number of amides is 4. The number of fused-ring (bicyclic) bond motifs is 1. The lowest BCUT2D eigenvalue weighted by Crippen LogP contribution is -2.75. The molecule has 4 unspecified atom stereocenters. The summed E-state index contributed by atoms with van der Waals surface area (Å²) in [6.45, 7) is 0. The van der Waals surface area contributed by atoms with E-state index in [1.165, 1.54) is 23.9 Å². The second-order valence-corrected chi connectivity index (χ2v) is 13.8. The molecule has 0 N–H and O–H groups in total. The molecule has 4 atom stereocenters. The first kappa shape index (κ1) is 29.0. The number of benzene rings is 4. The lowest BCUT2D eigenvalue weighted by Gasteiger charge is -2.51. The van der Waals surface area contributed by atoms with Crippen molar-refractivity contribution >= 4 is 46.5 Å². The molecule has 0 aliphatic carbocycles. The van der Waals surface area contributed by atoms with Gasteiger partial charge in [0.05, 0.1) is 7.05 Å². The molecule has 0 radical (unpaired) electrons. The van der Waals surface area contributed by atoms with Gasteiger partial charge in [0.2, 0.25) is 5.91 Å². The SMILES string of the molecule is CN1C(=O)C2C(N=P(c3ccccc3)(c3ccccc3)c3ccccc3)C([N+](=O)[O-])C(=O)N(c3ccccc3)C2N(C)C1=O. The van der Waals surface area contributed by atoms with Crippen LogP contribution in [-0.2, 0) is 9.59 Å². The summed E-state index contributed by atoms with van der Waals surface area (Å²) < 4.78 is 5.42. The maximum absolute atomic E-state index is 14.3. The summed E-state index contributed by atoms with van der Waals surface area (Å²) in [6.07, 6.45) is -1.13. The zero-order valence-electron chi connectivity index (χ0n) is 24.1. The van der Waals surface area contributed by atoms with Crippen molar-refractivity contribution in [1.82, 2.24) is 9.80 Å². The molecule has 4 amide bonds. The van der Waals surface area contributed by atoms with E-state index in [9.17, 15) is 24.5 Å². The van der Waals surface area contributed by atoms with Crippen molar-refractivity contribution in [3.8, 4) is 0 Å². The minimum atomic E-state index is -3.09. The average molecular weight is 608 g/mol. The normalized spacial score (nSPS) is 22.0. The van der Waals surface area contributed by atoms with E-state index in [2.05, 4.69) is 0 Å². The molecule has 2 fully saturated rings. The zero-order chi connectivity index (χ0) is 31.0. The van der Waals surface area contributed by atoms with Gasteiger partial charge in [-0.05, 0) is 12.1 Å². The Bertz CT molecular complexity index is 1670. The highest BCUT2D eigenvalue weighted by atomic mass is 31.2. The van der Waals surface area contributed by atoms with Crippen molar-refractivity contribution in [2.75, 3.05) is 19.0 Å². The van der Waals surface area contributed by atoms with E-state index in [0.29, 0.717) is 5.69 Å². The summed E-state index contributed by atoms with van der Waals surface area (Å²) in [5, 5.41) is 15.4. The van der Waals surface area contributed by atoms with Crippen LogP contribution in [0.3, 0.4) is 0 Å². The Morgan fingerprint density at radius 1 is 0.682 bits per heavy atom. The van der Waals surface area contributed by atoms with E-state index < -0.39 is 54.0 Å². The number of rotatable bonds is 6. The molecule has 2 saturated heterocycles. The standard InChI is InChI=1S/C33H30N5O5P/c1-35-30-27(31(39)36(2)33(35)41)28(29(38(42)43)32(40)37(30)23-15-7-3-8-16-23)34-44(24-17-9-4-10-18-24,25-19-11-5-12-20-25)26-21-13-6-14-22-26/h3-22,27-30H,1-2H3. The van der Waals surface area contributed by atoms with Crippen LogP contribution in [-0.4, -0.2) is 64.9 Å². The molecule has 11 heteroatoms. The molecular formula is C33H30N5O5P. The second kappa shape index (κ2) is 11.5. The van der Waals surface area contributed by atoms with Gasteiger partial charge in [0.25, 0.3) is 0 Å². The lowest BCUT2D eigenvalue weighted by atomic mass is 9.82. The fraction of sp³-hybridized carbons (Fsp3) is 0.182. The number of carbonyl (C=O) groups is 3. The molecule has 2 aliphatic heterocycles. The highest BCUT2D eigenvalue weighted by Crippen LogP contribution is 2.50. The number of nitrogens with zero attached hydrogens (tertiary/aromatic N) is 5. The Morgan fingerprint density at radius 3 is 1.55 bits per heavy atom.